The molecule has 5 heteroatoms. The minimum atomic E-state index is -0.324. The van der Waals surface area contributed by atoms with Crippen molar-refractivity contribution in [3.8, 4) is 0 Å². The maximum atomic E-state index is 9.58. The Morgan fingerprint density at radius 3 is 2.33 bits per heavy atom. The highest BCUT2D eigenvalue weighted by molar-refractivity contribution is 6.45. The third kappa shape index (κ3) is 3.47. The van der Waals surface area contributed by atoms with Crippen molar-refractivity contribution in [3.63, 3.8) is 0 Å². The highest BCUT2D eigenvalue weighted by Crippen LogP contribution is 2.27. The van der Waals surface area contributed by atoms with Crippen molar-refractivity contribution in [1.29, 1.82) is 0 Å². The molecule has 0 spiro atoms. The van der Waals surface area contributed by atoms with Crippen LogP contribution in [0.1, 0.15) is 32.1 Å². The molecule has 0 aromatic rings. The lowest BCUT2D eigenvalue weighted by atomic mass is 9.84. The number of piperazine rings is 1. The molecule has 4 nitrogen and oxygen atoms in total. The van der Waals surface area contributed by atoms with E-state index in [-0.39, 0.29) is 7.05 Å². The predicted molar refractivity (Wildman–Crippen MR) is 74.4 cm³/mol. The van der Waals surface area contributed by atoms with Gasteiger partial charge in [-0.2, -0.15) is 0 Å². The van der Waals surface area contributed by atoms with Crippen molar-refractivity contribution < 1.29 is 10.1 Å². The van der Waals surface area contributed by atoms with E-state index in [1.807, 2.05) is 6.82 Å². The summed E-state index contributed by atoms with van der Waals surface area (Å²) in [7, 11) is -0.324. The number of hydrogen-bond acceptors (Lipinski definition) is 4. The number of hydrogen-bond donors (Lipinski definition) is 2. The average Bonchev–Trinajstić information content (AvgIpc) is 2.63. The second-order valence-electron chi connectivity index (χ2n) is 5.85. The summed E-state index contributed by atoms with van der Waals surface area (Å²) in [5, 5.41) is 19.2. The fourth-order valence-corrected chi connectivity index (χ4v) is 3.50. The molecule has 0 aromatic heterocycles. The van der Waals surface area contributed by atoms with Crippen molar-refractivity contribution >= 4 is 7.05 Å². The lowest BCUT2D eigenvalue weighted by Crippen LogP contribution is -2.55. The Labute approximate surface area is 111 Å². The van der Waals surface area contributed by atoms with E-state index in [2.05, 4.69) is 9.71 Å². The normalized spacial score (nSPS) is 32.2. The SMILES string of the molecule is CB(O)N1CCN(C2CCCCCC2CO)CC1. The number of rotatable bonds is 3. The van der Waals surface area contributed by atoms with Crippen molar-refractivity contribution in [1.82, 2.24) is 9.71 Å². The summed E-state index contributed by atoms with van der Waals surface area (Å²) in [6, 6.07) is 0.564. The van der Waals surface area contributed by atoms with Gasteiger partial charge in [-0.3, -0.25) is 4.90 Å². The number of aliphatic hydroxyl groups excluding tert-OH is 1. The zero-order valence-electron chi connectivity index (χ0n) is 11.6. The Bertz CT molecular complexity index is 245. The maximum Gasteiger partial charge on any atom is 0.376 e. The minimum Gasteiger partial charge on any atom is -0.437 e. The van der Waals surface area contributed by atoms with Crippen LogP contribution in [0.15, 0.2) is 0 Å². The van der Waals surface area contributed by atoms with Crippen molar-refractivity contribution in [3.05, 3.63) is 0 Å². The highest BCUT2D eigenvalue weighted by Gasteiger charge is 2.31. The average molecular weight is 254 g/mol. The van der Waals surface area contributed by atoms with Crippen LogP contribution in [0.3, 0.4) is 0 Å². The van der Waals surface area contributed by atoms with Gasteiger partial charge in [-0.25, -0.2) is 0 Å². The third-order valence-corrected chi connectivity index (χ3v) is 4.70. The summed E-state index contributed by atoms with van der Waals surface area (Å²) in [5.74, 6) is 0.464. The molecular weight excluding hydrogens is 227 g/mol. The zero-order chi connectivity index (χ0) is 13.0. The summed E-state index contributed by atoms with van der Waals surface area (Å²) >= 11 is 0. The van der Waals surface area contributed by atoms with Crippen LogP contribution in [0.2, 0.25) is 6.82 Å². The van der Waals surface area contributed by atoms with Gasteiger partial charge in [0, 0.05) is 38.8 Å². The Kier molecular flexibility index (Phi) is 5.48. The summed E-state index contributed by atoms with van der Waals surface area (Å²) in [4.78, 5) is 4.67. The van der Waals surface area contributed by atoms with E-state index in [0.29, 0.717) is 18.6 Å². The largest absolute Gasteiger partial charge is 0.437 e. The first kappa shape index (κ1) is 14.3. The molecule has 1 aliphatic heterocycles. The molecule has 18 heavy (non-hydrogen) atoms. The molecular formula is C13H27BN2O2. The summed E-state index contributed by atoms with van der Waals surface area (Å²) in [6.45, 7) is 6.15. The van der Waals surface area contributed by atoms with Gasteiger partial charge in [-0.15, -0.1) is 0 Å². The highest BCUT2D eigenvalue weighted by atomic mass is 16.3. The lowest BCUT2D eigenvalue weighted by molar-refractivity contribution is 0.0622. The summed E-state index contributed by atoms with van der Waals surface area (Å²) < 4.78 is 0. The second kappa shape index (κ2) is 6.89. The Hall–Kier alpha value is -0.0951. The molecule has 2 rings (SSSR count). The molecule has 104 valence electrons. The summed E-state index contributed by atoms with van der Waals surface area (Å²) in [5.41, 5.74) is 0. The van der Waals surface area contributed by atoms with Crippen LogP contribution in [0.5, 0.6) is 0 Å². The molecule has 2 aliphatic rings. The molecule has 0 aromatic carbocycles. The fourth-order valence-electron chi connectivity index (χ4n) is 3.50. The molecule has 1 heterocycles. The topological polar surface area (TPSA) is 46.9 Å². The van der Waals surface area contributed by atoms with Gasteiger partial charge in [0.15, 0.2) is 0 Å². The molecule has 0 bridgehead atoms. The molecule has 2 fully saturated rings. The van der Waals surface area contributed by atoms with Crippen LogP contribution in [-0.4, -0.2) is 65.7 Å². The molecule has 2 N–H and O–H groups in total. The van der Waals surface area contributed by atoms with Gasteiger partial charge in [-0.1, -0.05) is 19.3 Å². The van der Waals surface area contributed by atoms with Gasteiger partial charge in [0.2, 0.25) is 0 Å². The van der Waals surface area contributed by atoms with E-state index < -0.39 is 0 Å². The Morgan fingerprint density at radius 2 is 1.72 bits per heavy atom. The van der Waals surface area contributed by atoms with Crippen LogP contribution < -0.4 is 0 Å². The van der Waals surface area contributed by atoms with Gasteiger partial charge in [-0.05, 0) is 25.6 Å². The minimum absolute atomic E-state index is 0.324. The van der Waals surface area contributed by atoms with E-state index >= 15 is 0 Å². The van der Waals surface area contributed by atoms with Crippen molar-refractivity contribution in [2.45, 2.75) is 45.0 Å². The number of nitrogens with zero attached hydrogens (tertiary/aromatic N) is 2. The second-order valence-corrected chi connectivity index (χ2v) is 5.85. The predicted octanol–water partition coefficient (Wildman–Crippen LogP) is 0.655. The molecule has 1 saturated heterocycles. The Balaban J connectivity index is 1.90. The fraction of sp³-hybridized carbons (Fsp3) is 1.00. The van der Waals surface area contributed by atoms with Crippen LogP contribution in [0.25, 0.3) is 0 Å². The van der Waals surface area contributed by atoms with Crippen LogP contribution in [0, 0.1) is 5.92 Å². The molecule has 1 aliphatic carbocycles. The van der Waals surface area contributed by atoms with Gasteiger partial charge < -0.3 is 14.9 Å². The van der Waals surface area contributed by atoms with Crippen LogP contribution in [0.4, 0.5) is 0 Å². The van der Waals surface area contributed by atoms with Crippen LogP contribution in [-0.2, 0) is 0 Å². The molecule has 2 atom stereocenters. The van der Waals surface area contributed by atoms with Crippen LogP contribution >= 0.6 is 0 Å². The maximum absolute atomic E-state index is 9.58. The number of aliphatic hydroxyl groups is 1. The molecule has 1 saturated carbocycles. The van der Waals surface area contributed by atoms with Gasteiger partial charge >= 0.3 is 7.05 Å². The van der Waals surface area contributed by atoms with E-state index in [1.165, 1.54) is 32.1 Å². The standard InChI is InChI=1S/C13H27BN2O2/c1-14(18)16-9-7-15(8-10-16)13-6-4-2-3-5-12(13)11-17/h12-13,17-18H,2-11H2,1H3. The zero-order valence-corrected chi connectivity index (χ0v) is 11.6. The summed E-state index contributed by atoms with van der Waals surface area (Å²) in [6.07, 6.45) is 6.31. The van der Waals surface area contributed by atoms with Crippen molar-refractivity contribution in [2.75, 3.05) is 32.8 Å². The smallest absolute Gasteiger partial charge is 0.376 e. The molecule has 0 radical (unpaired) electrons. The van der Waals surface area contributed by atoms with E-state index in [0.717, 1.165) is 26.2 Å². The van der Waals surface area contributed by atoms with E-state index in [9.17, 15) is 10.1 Å². The Morgan fingerprint density at radius 1 is 1.06 bits per heavy atom. The van der Waals surface area contributed by atoms with Crippen molar-refractivity contribution in [2.24, 2.45) is 5.92 Å². The first-order valence-corrected chi connectivity index (χ1v) is 7.49. The molecule has 0 amide bonds. The lowest BCUT2D eigenvalue weighted by Gasteiger charge is -2.42. The van der Waals surface area contributed by atoms with E-state index in [4.69, 9.17) is 0 Å². The first-order chi connectivity index (χ1) is 8.72. The van der Waals surface area contributed by atoms with Gasteiger partial charge in [0.05, 0.1) is 0 Å². The van der Waals surface area contributed by atoms with E-state index in [1.54, 1.807) is 0 Å². The quantitative estimate of drug-likeness (QED) is 0.573. The third-order valence-electron chi connectivity index (χ3n) is 4.70. The monoisotopic (exact) mass is 254 g/mol. The van der Waals surface area contributed by atoms with Gasteiger partial charge in [0.25, 0.3) is 0 Å². The first-order valence-electron chi connectivity index (χ1n) is 7.49. The van der Waals surface area contributed by atoms with Gasteiger partial charge in [0.1, 0.15) is 0 Å². The molecule has 2 unspecified atom stereocenters.